The van der Waals surface area contributed by atoms with Crippen LogP contribution in [-0.4, -0.2) is 48.7 Å². The van der Waals surface area contributed by atoms with Gasteiger partial charge in [0.1, 0.15) is 0 Å². The van der Waals surface area contributed by atoms with Crippen molar-refractivity contribution in [3.8, 4) is 0 Å². The van der Waals surface area contributed by atoms with E-state index >= 15 is 0 Å². The van der Waals surface area contributed by atoms with Gasteiger partial charge in [-0.05, 0) is 32.7 Å². The maximum absolute atomic E-state index is 12.3. The lowest BCUT2D eigenvalue weighted by atomic mass is 9.93. The van der Waals surface area contributed by atoms with Crippen LogP contribution in [0.5, 0.6) is 0 Å². The zero-order valence-electron chi connectivity index (χ0n) is 10.3. The number of ether oxygens (including phenoxy) is 1. The predicted molar refractivity (Wildman–Crippen MR) is 62.3 cm³/mol. The van der Waals surface area contributed by atoms with Crippen LogP contribution in [-0.2, 0) is 9.53 Å². The molecule has 92 valence electrons. The lowest BCUT2D eigenvalue weighted by Crippen LogP contribution is -2.59. The van der Waals surface area contributed by atoms with Crippen molar-refractivity contribution in [3.63, 3.8) is 0 Å². The number of piperidine rings is 1. The van der Waals surface area contributed by atoms with Crippen LogP contribution in [0.3, 0.4) is 0 Å². The fourth-order valence-corrected chi connectivity index (χ4v) is 2.72. The summed E-state index contributed by atoms with van der Waals surface area (Å²) in [5.41, 5.74) is -0.0643. The van der Waals surface area contributed by atoms with Crippen molar-refractivity contribution in [1.82, 2.24) is 10.2 Å². The van der Waals surface area contributed by atoms with Crippen LogP contribution in [0, 0.1) is 0 Å². The van der Waals surface area contributed by atoms with Crippen molar-refractivity contribution in [2.75, 3.05) is 26.3 Å². The Balaban J connectivity index is 2.06. The second-order valence-corrected chi connectivity index (χ2v) is 5.04. The van der Waals surface area contributed by atoms with Crippen LogP contribution in [0.2, 0.25) is 0 Å². The highest BCUT2D eigenvalue weighted by Gasteiger charge is 2.42. The van der Waals surface area contributed by atoms with Gasteiger partial charge in [0.25, 0.3) is 0 Å². The maximum atomic E-state index is 12.3. The van der Waals surface area contributed by atoms with Gasteiger partial charge < -0.3 is 15.0 Å². The van der Waals surface area contributed by atoms with E-state index in [1.807, 2.05) is 11.8 Å². The number of hydrogen-bond donors (Lipinski definition) is 1. The van der Waals surface area contributed by atoms with Gasteiger partial charge in [-0.25, -0.2) is 0 Å². The smallest absolute Gasteiger partial charge is 0.240 e. The van der Waals surface area contributed by atoms with Gasteiger partial charge in [-0.2, -0.15) is 0 Å². The van der Waals surface area contributed by atoms with E-state index < -0.39 is 0 Å². The average molecular weight is 226 g/mol. The molecular formula is C12H22N2O2. The minimum Gasteiger partial charge on any atom is -0.379 e. The summed E-state index contributed by atoms with van der Waals surface area (Å²) in [6.07, 6.45) is 3.04. The van der Waals surface area contributed by atoms with E-state index in [4.69, 9.17) is 4.74 Å². The zero-order chi connectivity index (χ0) is 11.6. The fourth-order valence-electron chi connectivity index (χ4n) is 2.72. The van der Waals surface area contributed by atoms with Gasteiger partial charge in [0.2, 0.25) is 5.91 Å². The Bertz CT molecular complexity index is 260. The summed E-state index contributed by atoms with van der Waals surface area (Å²) in [5, 5.41) is 3.27. The predicted octanol–water partition coefficient (Wildman–Crippen LogP) is 0.766. The van der Waals surface area contributed by atoms with Gasteiger partial charge in [-0.3, -0.25) is 4.79 Å². The molecule has 0 bridgehead atoms. The number of carbonyl (C=O) groups excluding carboxylic acids is 1. The second kappa shape index (κ2) is 4.72. The Labute approximate surface area is 97.3 Å². The third-order valence-electron chi connectivity index (χ3n) is 3.74. The van der Waals surface area contributed by atoms with Gasteiger partial charge in [-0.1, -0.05) is 6.92 Å². The number of carbonyl (C=O) groups is 1. The molecule has 2 aliphatic heterocycles. The number of hydrogen-bond acceptors (Lipinski definition) is 3. The molecule has 2 atom stereocenters. The van der Waals surface area contributed by atoms with Gasteiger partial charge in [-0.15, -0.1) is 0 Å². The molecule has 1 amide bonds. The third-order valence-corrected chi connectivity index (χ3v) is 3.74. The van der Waals surface area contributed by atoms with Crippen molar-refractivity contribution in [2.45, 2.75) is 44.7 Å². The molecule has 2 aliphatic rings. The van der Waals surface area contributed by atoms with Crippen LogP contribution in [0.4, 0.5) is 0 Å². The van der Waals surface area contributed by atoms with Crippen molar-refractivity contribution in [3.05, 3.63) is 0 Å². The van der Waals surface area contributed by atoms with E-state index in [1.54, 1.807) is 0 Å². The zero-order valence-corrected chi connectivity index (χ0v) is 10.3. The Morgan fingerprint density at radius 2 is 2.44 bits per heavy atom. The largest absolute Gasteiger partial charge is 0.379 e. The molecule has 0 aromatic heterocycles. The number of likely N-dealkylation sites (N-methyl/N-ethyl adjacent to an activating group) is 1. The Kier molecular flexibility index (Phi) is 3.50. The molecule has 0 aromatic rings. The SMILES string of the molecule is CCNC1CCCN(C2(C)CCOC2)C1=O. The molecule has 4 heteroatoms. The molecule has 2 rings (SSSR count). The summed E-state index contributed by atoms with van der Waals surface area (Å²) in [7, 11) is 0. The van der Waals surface area contributed by atoms with Crippen LogP contribution in [0.1, 0.15) is 33.1 Å². The third kappa shape index (κ3) is 2.09. The fraction of sp³-hybridized carbons (Fsp3) is 0.917. The van der Waals surface area contributed by atoms with E-state index in [1.165, 1.54) is 0 Å². The van der Waals surface area contributed by atoms with Crippen molar-refractivity contribution >= 4 is 5.91 Å². The molecule has 16 heavy (non-hydrogen) atoms. The molecule has 0 spiro atoms. The average Bonchev–Trinajstić information content (AvgIpc) is 2.70. The molecule has 2 heterocycles. The van der Waals surface area contributed by atoms with Gasteiger partial charge in [0, 0.05) is 13.2 Å². The monoisotopic (exact) mass is 226 g/mol. The number of rotatable bonds is 3. The van der Waals surface area contributed by atoms with Crippen molar-refractivity contribution < 1.29 is 9.53 Å². The van der Waals surface area contributed by atoms with Crippen molar-refractivity contribution in [1.29, 1.82) is 0 Å². The Morgan fingerprint density at radius 3 is 3.06 bits per heavy atom. The van der Waals surface area contributed by atoms with Crippen LogP contribution in [0.15, 0.2) is 0 Å². The first kappa shape index (κ1) is 11.9. The van der Waals surface area contributed by atoms with Crippen LogP contribution in [0.25, 0.3) is 0 Å². The van der Waals surface area contributed by atoms with Crippen LogP contribution < -0.4 is 5.32 Å². The van der Waals surface area contributed by atoms with Gasteiger partial charge in [0.15, 0.2) is 0 Å². The summed E-state index contributed by atoms with van der Waals surface area (Å²) in [6, 6.07) is 0.0242. The highest BCUT2D eigenvalue weighted by Crippen LogP contribution is 2.29. The molecule has 0 aromatic carbocycles. The first-order chi connectivity index (χ1) is 7.67. The molecule has 4 nitrogen and oxygen atoms in total. The Morgan fingerprint density at radius 1 is 1.62 bits per heavy atom. The maximum Gasteiger partial charge on any atom is 0.240 e. The molecule has 1 N–H and O–H groups in total. The van der Waals surface area contributed by atoms with Gasteiger partial charge in [0.05, 0.1) is 18.2 Å². The van der Waals surface area contributed by atoms with E-state index in [0.29, 0.717) is 6.61 Å². The lowest BCUT2D eigenvalue weighted by molar-refractivity contribution is -0.142. The molecule has 0 radical (unpaired) electrons. The highest BCUT2D eigenvalue weighted by atomic mass is 16.5. The summed E-state index contributed by atoms with van der Waals surface area (Å²) >= 11 is 0. The summed E-state index contributed by atoms with van der Waals surface area (Å²) in [6.45, 7) is 7.42. The molecular weight excluding hydrogens is 204 g/mol. The quantitative estimate of drug-likeness (QED) is 0.772. The number of likely N-dealkylation sites (tertiary alicyclic amines) is 1. The first-order valence-electron chi connectivity index (χ1n) is 6.30. The molecule has 2 unspecified atom stereocenters. The molecule has 0 saturated carbocycles. The second-order valence-electron chi connectivity index (χ2n) is 5.04. The summed E-state index contributed by atoms with van der Waals surface area (Å²) < 4.78 is 5.44. The highest BCUT2D eigenvalue weighted by molar-refractivity contribution is 5.83. The topological polar surface area (TPSA) is 41.6 Å². The molecule has 2 fully saturated rings. The van der Waals surface area contributed by atoms with Gasteiger partial charge >= 0.3 is 0 Å². The minimum absolute atomic E-state index is 0.0242. The summed E-state index contributed by atoms with van der Waals surface area (Å²) in [5.74, 6) is 0.265. The van der Waals surface area contributed by atoms with E-state index in [2.05, 4.69) is 12.2 Å². The Hall–Kier alpha value is -0.610. The lowest BCUT2D eigenvalue weighted by Gasteiger charge is -2.42. The molecule has 2 saturated heterocycles. The van der Waals surface area contributed by atoms with E-state index in [-0.39, 0.29) is 17.5 Å². The summed E-state index contributed by atoms with van der Waals surface area (Å²) in [4.78, 5) is 14.4. The first-order valence-corrected chi connectivity index (χ1v) is 6.30. The standard InChI is InChI=1S/C12H22N2O2/c1-3-13-10-5-4-7-14(11(10)15)12(2)6-8-16-9-12/h10,13H,3-9H2,1-2H3. The number of nitrogens with zero attached hydrogens (tertiary/aromatic N) is 1. The number of amides is 1. The van der Waals surface area contributed by atoms with Crippen molar-refractivity contribution in [2.24, 2.45) is 0 Å². The van der Waals surface area contributed by atoms with E-state index in [0.717, 1.165) is 39.0 Å². The van der Waals surface area contributed by atoms with Crippen LogP contribution >= 0.6 is 0 Å². The number of nitrogens with one attached hydrogen (secondary N) is 1. The molecule has 0 aliphatic carbocycles. The van der Waals surface area contributed by atoms with E-state index in [9.17, 15) is 4.79 Å². The normalized spacial score (nSPS) is 35.8. The minimum atomic E-state index is -0.0643.